The maximum absolute atomic E-state index is 11.6. The summed E-state index contributed by atoms with van der Waals surface area (Å²) in [5.74, 6) is -1.66. The first-order valence-corrected chi connectivity index (χ1v) is 7.13. The Hall–Kier alpha value is -1.59. The monoisotopic (exact) mass is 286 g/mol. The van der Waals surface area contributed by atoms with Crippen molar-refractivity contribution in [2.24, 2.45) is 11.8 Å². The number of hydrogen-bond donors (Lipinski definition) is 3. The third-order valence-corrected chi connectivity index (χ3v) is 2.80. The Labute approximate surface area is 120 Å². The predicted molar refractivity (Wildman–Crippen MR) is 76.1 cm³/mol. The molecule has 0 aromatic carbocycles. The molecular weight excluding hydrogens is 260 g/mol. The molecule has 0 aliphatic heterocycles. The van der Waals surface area contributed by atoms with E-state index in [1.165, 1.54) is 0 Å². The molecule has 1 atom stereocenters. The first-order chi connectivity index (χ1) is 9.36. The fourth-order valence-electron chi connectivity index (χ4n) is 1.75. The van der Waals surface area contributed by atoms with Gasteiger partial charge in [0.25, 0.3) is 0 Å². The minimum absolute atomic E-state index is 0.0869. The van der Waals surface area contributed by atoms with Gasteiger partial charge in [-0.2, -0.15) is 0 Å². The summed E-state index contributed by atoms with van der Waals surface area (Å²) in [6.45, 7) is 6.55. The summed E-state index contributed by atoms with van der Waals surface area (Å²) in [4.78, 5) is 33.9. The molecule has 0 saturated carbocycles. The highest BCUT2D eigenvalue weighted by atomic mass is 16.4. The zero-order chi connectivity index (χ0) is 15.5. The van der Waals surface area contributed by atoms with Crippen LogP contribution in [0.4, 0.5) is 0 Å². The first kappa shape index (κ1) is 18.4. The van der Waals surface area contributed by atoms with Crippen LogP contribution in [0.1, 0.15) is 46.5 Å². The summed E-state index contributed by atoms with van der Waals surface area (Å²) in [7, 11) is 0. The van der Waals surface area contributed by atoms with Crippen LogP contribution in [0.25, 0.3) is 0 Å². The molecule has 0 spiro atoms. The van der Waals surface area contributed by atoms with Crippen molar-refractivity contribution in [3.63, 3.8) is 0 Å². The Morgan fingerprint density at radius 2 is 1.60 bits per heavy atom. The lowest BCUT2D eigenvalue weighted by Crippen LogP contribution is -2.34. The number of amides is 2. The zero-order valence-electron chi connectivity index (χ0n) is 12.6. The lowest BCUT2D eigenvalue weighted by molar-refractivity contribution is -0.142. The Morgan fingerprint density at radius 1 is 1.05 bits per heavy atom. The number of carboxylic acid groups (broad SMARTS) is 1. The SMILES string of the molecule is CCCNC(=O)CCC(=O)NCC(CC(C)C)C(=O)O. The second-order valence-corrected chi connectivity index (χ2v) is 5.32. The van der Waals surface area contributed by atoms with E-state index in [1.54, 1.807) is 0 Å². The molecule has 0 saturated heterocycles. The Balaban J connectivity index is 3.95. The van der Waals surface area contributed by atoms with Crippen LogP contribution in [-0.2, 0) is 14.4 Å². The smallest absolute Gasteiger partial charge is 0.308 e. The fraction of sp³-hybridized carbons (Fsp3) is 0.786. The molecule has 0 fully saturated rings. The van der Waals surface area contributed by atoms with Crippen LogP contribution in [0.2, 0.25) is 0 Å². The van der Waals surface area contributed by atoms with Gasteiger partial charge in [0.05, 0.1) is 5.92 Å². The summed E-state index contributed by atoms with van der Waals surface area (Å²) in [5, 5.41) is 14.3. The second kappa shape index (κ2) is 10.2. The third kappa shape index (κ3) is 9.35. The van der Waals surface area contributed by atoms with E-state index in [4.69, 9.17) is 5.11 Å². The summed E-state index contributed by atoms with van der Waals surface area (Å²) in [6, 6.07) is 0. The van der Waals surface area contributed by atoms with Gasteiger partial charge in [0, 0.05) is 25.9 Å². The van der Waals surface area contributed by atoms with Crippen LogP contribution in [0, 0.1) is 11.8 Å². The maximum atomic E-state index is 11.6. The van der Waals surface area contributed by atoms with Crippen molar-refractivity contribution < 1.29 is 19.5 Å². The van der Waals surface area contributed by atoms with Gasteiger partial charge in [-0.25, -0.2) is 0 Å². The van der Waals surface area contributed by atoms with E-state index in [0.717, 1.165) is 6.42 Å². The minimum Gasteiger partial charge on any atom is -0.481 e. The summed E-state index contributed by atoms with van der Waals surface area (Å²) in [6.07, 6.45) is 1.59. The molecule has 6 nitrogen and oxygen atoms in total. The molecule has 2 amide bonds. The van der Waals surface area contributed by atoms with Crippen LogP contribution in [0.15, 0.2) is 0 Å². The Kier molecular flexibility index (Phi) is 9.41. The highest BCUT2D eigenvalue weighted by Crippen LogP contribution is 2.11. The van der Waals surface area contributed by atoms with Crippen molar-refractivity contribution in [2.75, 3.05) is 13.1 Å². The van der Waals surface area contributed by atoms with Crippen LogP contribution >= 0.6 is 0 Å². The molecule has 0 heterocycles. The van der Waals surface area contributed by atoms with Gasteiger partial charge in [-0.15, -0.1) is 0 Å². The Bertz CT molecular complexity index is 329. The van der Waals surface area contributed by atoms with Gasteiger partial charge in [-0.1, -0.05) is 20.8 Å². The first-order valence-electron chi connectivity index (χ1n) is 7.13. The fourth-order valence-corrected chi connectivity index (χ4v) is 1.75. The molecule has 0 rings (SSSR count). The second-order valence-electron chi connectivity index (χ2n) is 5.32. The molecule has 20 heavy (non-hydrogen) atoms. The molecule has 0 aliphatic rings. The standard InChI is InChI=1S/C14H26N2O4/c1-4-7-15-12(17)5-6-13(18)16-9-11(14(19)20)8-10(2)3/h10-11H,4-9H2,1-3H3,(H,15,17)(H,16,18)(H,19,20). The van der Waals surface area contributed by atoms with Gasteiger partial charge < -0.3 is 15.7 Å². The van der Waals surface area contributed by atoms with E-state index >= 15 is 0 Å². The summed E-state index contributed by atoms with van der Waals surface area (Å²) in [5.41, 5.74) is 0. The van der Waals surface area contributed by atoms with Gasteiger partial charge in [-0.05, 0) is 18.8 Å². The number of carboxylic acids is 1. The van der Waals surface area contributed by atoms with E-state index in [-0.39, 0.29) is 37.1 Å². The van der Waals surface area contributed by atoms with Crippen molar-refractivity contribution in [1.82, 2.24) is 10.6 Å². The molecule has 116 valence electrons. The number of nitrogens with one attached hydrogen (secondary N) is 2. The lowest BCUT2D eigenvalue weighted by atomic mass is 9.97. The topological polar surface area (TPSA) is 95.5 Å². The third-order valence-electron chi connectivity index (χ3n) is 2.80. The van der Waals surface area contributed by atoms with E-state index in [1.807, 2.05) is 20.8 Å². The number of carbonyl (C=O) groups excluding carboxylic acids is 2. The van der Waals surface area contributed by atoms with E-state index < -0.39 is 11.9 Å². The molecule has 3 N–H and O–H groups in total. The largest absolute Gasteiger partial charge is 0.481 e. The highest BCUT2D eigenvalue weighted by Gasteiger charge is 2.19. The van der Waals surface area contributed by atoms with Crippen molar-refractivity contribution in [2.45, 2.75) is 46.5 Å². The van der Waals surface area contributed by atoms with Crippen LogP contribution < -0.4 is 10.6 Å². The normalized spacial score (nSPS) is 12.0. The average Bonchev–Trinajstić information content (AvgIpc) is 2.37. The van der Waals surface area contributed by atoms with Gasteiger partial charge in [0.15, 0.2) is 0 Å². The van der Waals surface area contributed by atoms with Gasteiger partial charge in [-0.3, -0.25) is 14.4 Å². The molecule has 0 aliphatic carbocycles. The quantitative estimate of drug-likeness (QED) is 0.561. The molecule has 0 radical (unpaired) electrons. The summed E-state index contributed by atoms with van der Waals surface area (Å²) >= 11 is 0. The van der Waals surface area contributed by atoms with Crippen LogP contribution in [0.5, 0.6) is 0 Å². The van der Waals surface area contributed by atoms with E-state index in [2.05, 4.69) is 10.6 Å². The highest BCUT2D eigenvalue weighted by molar-refractivity contribution is 5.84. The van der Waals surface area contributed by atoms with Gasteiger partial charge in [0.1, 0.15) is 0 Å². The zero-order valence-corrected chi connectivity index (χ0v) is 12.6. The minimum atomic E-state index is -0.903. The van der Waals surface area contributed by atoms with E-state index in [0.29, 0.717) is 13.0 Å². The summed E-state index contributed by atoms with van der Waals surface area (Å²) < 4.78 is 0. The molecular formula is C14H26N2O4. The molecule has 0 bridgehead atoms. The molecule has 6 heteroatoms. The van der Waals surface area contributed by atoms with Crippen LogP contribution in [-0.4, -0.2) is 36.0 Å². The molecule has 0 aromatic heterocycles. The van der Waals surface area contributed by atoms with Gasteiger partial charge >= 0.3 is 5.97 Å². The van der Waals surface area contributed by atoms with Crippen molar-refractivity contribution in [1.29, 1.82) is 0 Å². The Morgan fingerprint density at radius 3 is 2.05 bits per heavy atom. The molecule has 1 unspecified atom stereocenters. The van der Waals surface area contributed by atoms with Crippen molar-refractivity contribution >= 4 is 17.8 Å². The predicted octanol–water partition coefficient (Wildman–Crippen LogP) is 1.16. The average molecular weight is 286 g/mol. The van der Waals surface area contributed by atoms with Crippen molar-refractivity contribution in [3.8, 4) is 0 Å². The number of aliphatic carboxylic acids is 1. The van der Waals surface area contributed by atoms with E-state index in [9.17, 15) is 14.4 Å². The number of carbonyl (C=O) groups is 3. The molecule has 0 aromatic rings. The maximum Gasteiger partial charge on any atom is 0.308 e. The van der Waals surface area contributed by atoms with Crippen molar-refractivity contribution in [3.05, 3.63) is 0 Å². The van der Waals surface area contributed by atoms with Gasteiger partial charge in [0.2, 0.25) is 11.8 Å². The lowest BCUT2D eigenvalue weighted by Gasteiger charge is -2.15. The number of rotatable bonds is 10. The number of hydrogen-bond acceptors (Lipinski definition) is 3. The van der Waals surface area contributed by atoms with Crippen LogP contribution in [0.3, 0.4) is 0 Å².